The lowest BCUT2D eigenvalue weighted by Crippen LogP contribution is -2.30. The first-order valence-corrected chi connectivity index (χ1v) is 10.6. The van der Waals surface area contributed by atoms with Crippen molar-refractivity contribution in [2.45, 2.75) is 33.5 Å². The van der Waals surface area contributed by atoms with Crippen molar-refractivity contribution in [2.75, 3.05) is 12.4 Å². The zero-order valence-electron chi connectivity index (χ0n) is 18.4. The van der Waals surface area contributed by atoms with Crippen molar-refractivity contribution in [2.24, 2.45) is 0 Å². The van der Waals surface area contributed by atoms with Crippen LogP contribution in [0.15, 0.2) is 40.9 Å². The third-order valence-corrected chi connectivity index (χ3v) is 5.17. The molecular formula is C23H22Cl2N2O6. The minimum absolute atomic E-state index is 0.196. The second kappa shape index (κ2) is 10.6. The molecule has 1 aromatic heterocycles. The van der Waals surface area contributed by atoms with Gasteiger partial charge < -0.3 is 24.1 Å². The molecule has 0 radical (unpaired) electrons. The van der Waals surface area contributed by atoms with E-state index in [-0.39, 0.29) is 12.2 Å². The number of nitrogens with zero attached hydrogens (tertiary/aromatic N) is 1. The average Bonchev–Trinajstić information content (AvgIpc) is 3.08. The molecule has 0 aliphatic rings. The van der Waals surface area contributed by atoms with Crippen LogP contribution in [0.3, 0.4) is 0 Å². The summed E-state index contributed by atoms with van der Waals surface area (Å²) in [5.74, 6) is 0.198. The number of aromatic nitrogens is 1. The quantitative estimate of drug-likeness (QED) is 0.421. The van der Waals surface area contributed by atoms with E-state index in [2.05, 4.69) is 10.5 Å². The van der Waals surface area contributed by atoms with Crippen LogP contribution in [0.5, 0.6) is 11.5 Å². The first-order valence-electron chi connectivity index (χ1n) is 9.88. The topological polar surface area (TPSA) is 99.9 Å². The lowest BCUT2D eigenvalue weighted by atomic mass is 10.2. The number of ether oxygens (including phenoxy) is 3. The van der Waals surface area contributed by atoms with E-state index in [0.717, 1.165) is 11.3 Å². The molecule has 1 unspecified atom stereocenters. The minimum atomic E-state index is -1.07. The molecule has 3 rings (SSSR count). The van der Waals surface area contributed by atoms with Crippen molar-refractivity contribution < 1.29 is 28.3 Å². The van der Waals surface area contributed by atoms with E-state index in [0.29, 0.717) is 33.0 Å². The summed E-state index contributed by atoms with van der Waals surface area (Å²) >= 11 is 11.9. The second-order valence-corrected chi connectivity index (χ2v) is 8.02. The standard InChI is InChI=1S/C23H22Cl2N2O6/c1-12-19(13(2)33-27-12)11-31-20-6-5-15(7-21(20)30-4)23(29)32-14(3)22(28)26-18-9-16(24)8-17(25)10-18/h5-10,14H,11H2,1-4H3,(H,26,28). The van der Waals surface area contributed by atoms with Gasteiger partial charge in [-0.25, -0.2) is 4.79 Å². The molecule has 10 heteroatoms. The Labute approximate surface area is 200 Å². The van der Waals surface area contributed by atoms with E-state index >= 15 is 0 Å². The average molecular weight is 493 g/mol. The molecule has 174 valence electrons. The first kappa shape index (κ1) is 24.4. The Morgan fingerprint density at radius 1 is 1.09 bits per heavy atom. The highest BCUT2D eigenvalue weighted by Crippen LogP contribution is 2.30. The lowest BCUT2D eigenvalue weighted by Gasteiger charge is -2.15. The van der Waals surface area contributed by atoms with Gasteiger partial charge in [0.05, 0.1) is 23.9 Å². The van der Waals surface area contributed by atoms with Crippen molar-refractivity contribution in [3.8, 4) is 11.5 Å². The fraction of sp³-hybridized carbons (Fsp3) is 0.261. The Hall–Kier alpha value is -3.23. The van der Waals surface area contributed by atoms with Gasteiger partial charge >= 0.3 is 5.97 Å². The molecule has 3 aromatic rings. The summed E-state index contributed by atoms with van der Waals surface area (Å²) in [6.07, 6.45) is -1.07. The number of aryl methyl sites for hydroxylation is 2. The number of amides is 1. The van der Waals surface area contributed by atoms with Crippen molar-refractivity contribution in [3.05, 3.63) is 69.0 Å². The molecule has 1 amide bonds. The van der Waals surface area contributed by atoms with E-state index in [1.807, 2.05) is 6.92 Å². The SMILES string of the molecule is COc1cc(C(=O)OC(C)C(=O)Nc2cc(Cl)cc(Cl)c2)ccc1OCc1c(C)noc1C. The summed E-state index contributed by atoms with van der Waals surface area (Å²) in [4.78, 5) is 25.0. The molecule has 0 saturated carbocycles. The number of esters is 1. The number of halogens is 2. The van der Waals surface area contributed by atoms with E-state index in [1.54, 1.807) is 13.0 Å². The molecule has 2 aromatic carbocycles. The largest absolute Gasteiger partial charge is 0.493 e. The summed E-state index contributed by atoms with van der Waals surface area (Å²) in [7, 11) is 1.46. The van der Waals surface area contributed by atoms with Crippen LogP contribution < -0.4 is 14.8 Å². The third-order valence-electron chi connectivity index (χ3n) is 4.74. The maximum absolute atomic E-state index is 12.6. The number of anilines is 1. The van der Waals surface area contributed by atoms with Crippen LogP contribution in [-0.4, -0.2) is 30.2 Å². The molecular weight excluding hydrogens is 471 g/mol. The zero-order chi connectivity index (χ0) is 24.1. The number of methoxy groups -OCH3 is 1. The lowest BCUT2D eigenvalue weighted by molar-refractivity contribution is -0.123. The summed E-state index contributed by atoms with van der Waals surface area (Å²) in [5.41, 5.74) is 2.16. The Morgan fingerprint density at radius 2 is 1.79 bits per heavy atom. The predicted octanol–water partition coefficient (Wildman–Crippen LogP) is 5.37. The molecule has 0 aliphatic carbocycles. The van der Waals surface area contributed by atoms with E-state index in [9.17, 15) is 9.59 Å². The highest BCUT2D eigenvalue weighted by atomic mass is 35.5. The second-order valence-electron chi connectivity index (χ2n) is 7.15. The smallest absolute Gasteiger partial charge is 0.339 e. The highest BCUT2D eigenvalue weighted by molar-refractivity contribution is 6.35. The van der Waals surface area contributed by atoms with Crippen LogP contribution in [-0.2, 0) is 16.1 Å². The highest BCUT2D eigenvalue weighted by Gasteiger charge is 2.21. The summed E-state index contributed by atoms with van der Waals surface area (Å²) in [5, 5.41) is 7.23. The van der Waals surface area contributed by atoms with Gasteiger partial charge in [-0.2, -0.15) is 0 Å². The van der Waals surface area contributed by atoms with Crippen LogP contribution in [0.1, 0.15) is 34.3 Å². The summed E-state index contributed by atoms with van der Waals surface area (Å²) in [6, 6.07) is 9.20. The Balaban J connectivity index is 1.64. The summed E-state index contributed by atoms with van der Waals surface area (Å²) < 4.78 is 21.6. The molecule has 0 bridgehead atoms. The van der Waals surface area contributed by atoms with E-state index < -0.39 is 18.0 Å². The first-order chi connectivity index (χ1) is 15.7. The van der Waals surface area contributed by atoms with Crippen LogP contribution in [0.25, 0.3) is 0 Å². The Kier molecular flexibility index (Phi) is 7.84. The molecule has 8 nitrogen and oxygen atoms in total. The number of rotatable bonds is 8. The molecule has 0 aliphatic heterocycles. The molecule has 0 spiro atoms. The third kappa shape index (κ3) is 6.18. The normalized spacial score (nSPS) is 11.6. The Morgan fingerprint density at radius 3 is 2.39 bits per heavy atom. The minimum Gasteiger partial charge on any atom is -0.493 e. The molecule has 1 heterocycles. The van der Waals surface area contributed by atoms with Gasteiger partial charge in [-0.15, -0.1) is 0 Å². The molecule has 1 N–H and O–H groups in total. The van der Waals surface area contributed by atoms with Gasteiger partial charge in [-0.1, -0.05) is 28.4 Å². The van der Waals surface area contributed by atoms with E-state index in [1.165, 1.54) is 44.4 Å². The molecule has 0 fully saturated rings. The fourth-order valence-electron chi connectivity index (χ4n) is 2.92. The van der Waals surface area contributed by atoms with Gasteiger partial charge in [-0.3, -0.25) is 4.79 Å². The molecule has 0 saturated heterocycles. The van der Waals surface area contributed by atoms with Crippen molar-refractivity contribution >= 4 is 40.8 Å². The predicted molar refractivity (Wildman–Crippen MR) is 123 cm³/mol. The number of nitrogens with one attached hydrogen (secondary N) is 1. The fourth-order valence-corrected chi connectivity index (χ4v) is 3.45. The maximum Gasteiger partial charge on any atom is 0.339 e. The summed E-state index contributed by atoms with van der Waals surface area (Å²) in [6.45, 7) is 5.31. The van der Waals surface area contributed by atoms with Crippen LogP contribution in [0.4, 0.5) is 5.69 Å². The number of benzene rings is 2. The molecule has 1 atom stereocenters. The number of hydrogen-bond acceptors (Lipinski definition) is 7. The number of carbonyl (C=O) groups excluding carboxylic acids is 2. The number of hydrogen-bond donors (Lipinski definition) is 1. The Bertz CT molecular complexity index is 1140. The van der Waals surface area contributed by atoms with Crippen LogP contribution in [0.2, 0.25) is 10.0 Å². The van der Waals surface area contributed by atoms with Crippen LogP contribution >= 0.6 is 23.2 Å². The van der Waals surface area contributed by atoms with Gasteiger partial charge in [0.2, 0.25) is 0 Å². The maximum atomic E-state index is 12.6. The van der Waals surface area contributed by atoms with Crippen LogP contribution in [0, 0.1) is 13.8 Å². The zero-order valence-corrected chi connectivity index (χ0v) is 19.9. The number of carbonyl (C=O) groups is 2. The van der Waals surface area contributed by atoms with E-state index in [4.69, 9.17) is 41.9 Å². The van der Waals surface area contributed by atoms with Crippen molar-refractivity contribution in [1.29, 1.82) is 0 Å². The van der Waals surface area contributed by atoms with Gasteiger partial charge in [-0.05, 0) is 57.2 Å². The van der Waals surface area contributed by atoms with Gasteiger partial charge in [0, 0.05) is 15.7 Å². The van der Waals surface area contributed by atoms with Gasteiger partial charge in [0.1, 0.15) is 12.4 Å². The monoisotopic (exact) mass is 492 g/mol. The van der Waals surface area contributed by atoms with Crippen molar-refractivity contribution in [1.82, 2.24) is 5.16 Å². The van der Waals surface area contributed by atoms with Crippen molar-refractivity contribution in [3.63, 3.8) is 0 Å². The molecule has 33 heavy (non-hydrogen) atoms. The van der Waals surface area contributed by atoms with Gasteiger partial charge in [0.15, 0.2) is 17.6 Å². The van der Waals surface area contributed by atoms with Gasteiger partial charge in [0.25, 0.3) is 5.91 Å².